The Hall–Kier alpha value is -2.09. The lowest BCUT2D eigenvalue weighted by Gasteiger charge is -2.70. The smallest absolute Gasteiger partial charge is 0.224 e. The van der Waals surface area contributed by atoms with Gasteiger partial charge in [0.1, 0.15) is 5.76 Å². The van der Waals surface area contributed by atoms with Crippen LogP contribution in [0.15, 0.2) is 23.1 Å². The maximum atomic E-state index is 14.6. The maximum Gasteiger partial charge on any atom is 0.224 e. The molecule has 0 spiro atoms. The van der Waals surface area contributed by atoms with E-state index in [4.69, 9.17) is 6.57 Å². The van der Waals surface area contributed by atoms with Gasteiger partial charge in [0.05, 0.1) is 6.57 Å². The van der Waals surface area contributed by atoms with Gasteiger partial charge in [-0.2, -0.15) is 0 Å². The monoisotopic (exact) mass is 532 g/mol. The molecule has 0 aromatic carbocycles. The SMILES string of the molecule is [C-]#[N+]C1=C(O)C(C)(C)[C@@H]2CC[C@]3(C)C(=CC(=O)[C@@H]4[C@@H]5CC(C)(C)CC[C@]5(CN5CCC5=O)CC[C@]43C)[C@@]2(C)C1. The number of amides is 1. The van der Waals surface area contributed by atoms with Crippen LogP contribution in [0.5, 0.6) is 0 Å². The number of carbonyl (C=O) groups is 2. The summed E-state index contributed by atoms with van der Waals surface area (Å²) < 4.78 is 0. The highest BCUT2D eigenvalue weighted by Crippen LogP contribution is 2.75. The lowest BCUT2D eigenvalue weighted by atomic mass is 9.34. The van der Waals surface area contributed by atoms with Gasteiger partial charge < -0.3 is 10.0 Å². The van der Waals surface area contributed by atoms with Gasteiger partial charge in [-0.25, -0.2) is 4.85 Å². The van der Waals surface area contributed by atoms with E-state index in [2.05, 4.69) is 58.2 Å². The molecule has 1 aliphatic heterocycles. The third-order valence-electron chi connectivity index (χ3n) is 13.7. The summed E-state index contributed by atoms with van der Waals surface area (Å²) in [5.74, 6) is 1.26. The van der Waals surface area contributed by atoms with E-state index < -0.39 is 5.41 Å². The largest absolute Gasteiger partial charge is 0.523 e. The van der Waals surface area contributed by atoms with E-state index in [1.165, 1.54) is 5.57 Å². The van der Waals surface area contributed by atoms with Crippen molar-refractivity contribution in [2.24, 2.45) is 50.2 Å². The zero-order chi connectivity index (χ0) is 28.4. The fourth-order valence-electron chi connectivity index (χ4n) is 11.2. The predicted molar refractivity (Wildman–Crippen MR) is 152 cm³/mol. The highest BCUT2D eigenvalue weighted by molar-refractivity contribution is 5.95. The van der Waals surface area contributed by atoms with E-state index in [1.807, 2.05) is 6.08 Å². The maximum absolute atomic E-state index is 14.6. The van der Waals surface area contributed by atoms with Crippen molar-refractivity contribution in [1.29, 1.82) is 0 Å². The zero-order valence-corrected chi connectivity index (χ0v) is 25.2. The topological polar surface area (TPSA) is 62.0 Å². The number of hydrogen-bond donors (Lipinski definition) is 1. The van der Waals surface area contributed by atoms with Crippen molar-refractivity contribution in [2.75, 3.05) is 13.1 Å². The fraction of sp³-hybridized carbons (Fsp3) is 0.794. The molecule has 0 radical (unpaired) electrons. The summed E-state index contributed by atoms with van der Waals surface area (Å²) in [7, 11) is 0. The van der Waals surface area contributed by atoms with Gasteiger partial charge in [0.15, 0.2) is 5.78 Å². The lowest BCUT2D eigenvalue weighted by molar-refractivity contribution is -0.179. The highest BCUT2D eigenvalue weighted by atomic mass is 16.3. The van der Waals surface area contributed by atoms with Crippen molar-refractivity contribution in [1.82, 2.24) is 4.90 Å². The molecular formula is C34H48N2O3. The number of fused-ring (bicyclic) bond motifs is 7. The Balaban J connectivity index is 1.47. The van der Waals surface area contributed by atoms with Crippen molar-refractivity contribution in [3.8, 4) is 0 Å². The first-order valence-electron chi connectivity index (χ1n) is 15.4. The summed E-state index contributed by atoms with van der Waals surface area (Å²) in [6, 6.07) is 0. The van der Waals surface area contributed by atoms with Gasteiger partial charge in [-0.1, -0.05) is 54.0 Å². The van der Waals surface area contributed by atoms with Crippen LogP contribution in [-0.4, -0.2) is 34.8 Å². The molecule has 5 nitrogen and oxygen atoms in total. The van der Waals surface area contributed by atoms with E-state index in [-0.39, 0.29) is 62.3 Å². The van der Waals surface area contributed by atoms with E-state index >= 15 is 0 Å². The van der Waals surface area contributed by atoms with E-state index in [9.17, 15) is 14.7 Å². The van der Waals surface area contributed by atoms with Gasteiger partial charge in [-0.05, 0) is 96.4 Å². The molecule has 1 saturated heterocycles. The Bertz CT molecular complexity index is 1250. The first-order chi connectivity index (χ1) is 18.0. The Labute approximate surface area is 235 Å². The molecule has 6 rings (SSSR count). The normalized spacial score (nSPS) is 46.2. The highest BCUT2D eigenvalue weighted by Gasteiger charge is 2.70. The molecule has 7 atom stereocenters. The van der Waals surface area contributed by atoms with Crippen molar-refractivity contribution in [3.63, 3.8) is 0 Å². The molecule has 6 aliphatic rings. The van der Waals surface area contributed by atoms with Gasteiger partial charge in [-0.3, -0.25) is 9.59 Å². The predicted octanol–water partition coefficient (Wildman–Crippen LogP) is 7.50. The van der Waals surface area contributed by atoms with Gasteiger partial charge in [0.2, 0.25) is 11.6 Å². The number of carbonyl (C=O) groups excluding carboxylic acids is 2. The van der Waals surface area contributed by atoms with E-state index in [1.54, 1.807) is 0 Å². The number of aliphatic hydroxyl groups excluding tert-OH is 1. The summed E-state index contributed by atoms with van der Waals surface area (Å²) >= 11 is 0. The Kier molecular flexibility index (Phi) is 5.57. The van der Waals surface area contributed by atoms with Crippen LogP contribution >= 0.6 is 0 Å². The van der Waals surface area contributed by atoms with E-state index in [0.29, 0.717) is 18.5 Å². The quantitative estimate of drug-likeness (QED) is 0.296. The molecule has 5 heteroatoms. The molecule has 0 unspecified atom stereocenters. The average Bonchev–Trinajstić information content (AvgIpc) is 2.85. The summed E-state index contributed by atoms with van der Waals surface area (Å²) in [5, 5.41) is 11.1. The molecular weight excluding hydrogens is 484 g/mol. The standard InChI is InChI=1S/C34H48N2O3/c1-29(2)12-14-34(20-36-16-10-26(36)38)15-13-33(7)27(21(34)18-29)23(37)17-25-31(5)19-22(35-8)28(39)30(3,4)24(31)9-11-32(25,33)6/h17,21,24,27,39H,9-16,18-20H2,1-7H3/t21-,24-,27-,31-,32+,33+,34+/m0/s1. The van der Waals surface area contributed by atoms with Gasteiger partial charge in [0.25, 0.3) is 0 Å². The first-order valence-corrected chi connectivity index (χ1v) is 15.4. The number of likely N-dealkylation sites (tertiary alicyclic amines) is 1. The first kappa shape index (κ1) is 27.1. The van der Waals surface area contributed by atoms with Gasteiger partial charge in [-0.15, -0.1) is 0 Å². The summed E-state index contributed by atoms with van der Waals surface area (Å²) in [6.45, 7) is 25.6. The second-order valence-electron chi connectivity index (χ2n) is 16.4. The van der Waals surface area contributed by atoms with Crippen LogP contribution < -0.4 is 0 Å². The third-order valence-corrected chi connectivity index (χ3v) is 13.7. The van der Waals surface area contributed by atoms with Crippen LogP contribution in [-0.2, 0) is 9.59 Å². The second-order valence-corrected chi connectivity index (χ2v) is 16.4. The number of hydrogen-bond acceptors (Lipinski definition) is 3. The number of rotatable bonds is 2. The number of β-lactam (4-membered cyclic amide) rings is 1. The summed E-state index contributed by atoms with van der Waals surface area (Å²) in [4.78, 5) is 32.9. The van der Waals surface area contributed by atoms with Gasteiger partial charge >= 0.3 is 0 Å². The zero-order valence-electron chi connectivity index (χ0n) is 25.2. The molecule has 212 valence electrons. The number of aliphatic hydroxyl groups is 1. The molecule has 0 aromatic rings. The van der Waals surface area contributed by atoms with Crippen molar-refractivity contribution < 1.29 is 14.7 Å². The molecule has 0 aromatic heterocycles. The Morgan fingerprint density at radius 1 is 1.03 bits per heavy atom. The molecule has 0 bridgehead atoms. The van der Waals surface area contributed by atoms with Crippen LogP contribution in [0.1, 0.15) is 106 Å². The van der Waals surface area contributed by atoms with Crippen LogP contribution in [0.4, 0.5) is 0 Å². The van der Waals surface area contributed by atoms with Crippen LogP contribution in [0, 0.1) is 56.8 Å². The van der Waals surface area contributed by atoms with Crippen molar-refractivity contribution >= 4 is 11.7 Å². The Morgan fingerprint density at radius 3 is 2.33 bits per heavy atom. The van der Waals surface area contributed by atoms with Crippen molar-refractivity contribution in [3.05, 3.63) is 34.5 Å². The van der Waals surface area contributed by atoms with E-state index in [0.717, 1.165) is 58.0 Å². The average molecular weight is 533 g/mol. The molecule has 3 saturated carbocycles. The lowest BCUT2D eigenvalue weighted by Crippen LogP contribution is -2.66. The molecule has 1 amide bonds. The number of allylic oxidation sites excluding steroid dienone is 4. The summed E-state index contributed by atoms with van der Waals surface area (Å²) in [5.41, 5.74) is 0.845. The molecule has 39 heavy (non-hydrogen) atoms. The van der Waals surface area contributed by atoms with Crippen LogP contribution in [0.2, 0.25) is 0 Å². The minimum Gasteiger partial charge on any atom is -0.523 e. The minimum absolute atomic E-state index is 0.0306. The third kappa shape index (κ3) is 3.36. The minimum atomic E-state index is -0.491. The van der Waals surface area contributed by atoms with Crippen LogP contribution in [0.3, 0.4) is 0 Å². The Morgan fingerprint density at radius 2 is 1.72 bits per heavy atom. The molecule has 1 heterocycles. The second kappa shape index (κ2) is 8.01. The molecule has 1 N–H and O–H groups in total. The molecule has 4 fully saturated rings. The number of nitrogens with zero attached hydrogens (tertiary/aromatic N) is 2. The molecule has 5 aliphatic carbocycles. The van der Waals surface area contributed by atoms with Gasteiger partial charge in [0, 0.05) is 30.8 Å². The number of ketones is 1. The summed E-state index contributed by atoms with van der Waals surface area (Å²) in [6.07, 6.45) is 10.6. The fourth-order valence-corrected chi connectivity index (χ4v) is 11.2. The van der Waals surface area contributed by atoms with Crippen molar-refractivity contribution in [2.45, 2.75) is 106 Å². The van der Waals surface area contributed by atoms with Crippen LogP contribution in [0.25, 0.3) is 4.85 Å².